The molecule has 0 radical (unpaired) electrons. The van der Waals surface area contributed by atoms with Crippen molar-refractivity contribution in [1.29, 1.82) is 0 Å². The molecule has 3 N–H and O–H groups in total. The number of nitrogens with zero attached hydrogens (tertiary/aromatic N) is 1. The van der Waals surface area contributed by atoms with Gasteiger partial charge in [0.15, 0.2) is 5.11 Å². The fourth-order valence-electron chi connectivity index (χ4n) is 3.94. The number of carbonyl (C=O) groups excluding carboxylic acids is 2. The molecule has 1 aliphatic heterocycles. The summed E-state index contributed by atoms with van der Waals surface area (Å²) >= 11 is 5.55. The number of thiocarbonyl (C=S) groups is 1. The van der Waals surface area contributed by atoms with Gasteiger partial charge in [0.05, 0.1) is 18.2 Å². The Balaban J connectivity index is 1.85. The van der Waals surface area contributed by atoms with Crippen LogP contribution < -0.4 is 16.0 Å². The van der Waals surface area contributed by atoms with Gasteiger partial charge in [0, 0.05) is 30.7 Å². The van der Waals surface area contributed by atoms with Gasteiger partial charge in [0.2, 0.25) is 0 Å². The quantitative estimate of drug-likeness (QED) is 0.278. The van der Waals surface area contributed by atoms with Gasteiger partial charge in [-0.3, -0.25) is 0 Å². The molecular formula is C26H32N4O4S. The third kappa shape index (κ3) is 6.17. The molecule has 1 atom stereocenters. The van der Waals surface area contributed by atoms with Gasteiger partial charge in [-0.1, -0.05) is 24.3 Å². The average molecular weight is 497 g/mol. The minimum atomic E-state index is -0.524. The van der Waals surface area contributed by atoms with E-state index in [2.05, 4.69) is 16.0 Å². The van der Waals surface area contributed by atoms with Crippen LogP contribution in [0.5, 0.6) is 0 Å². The first-order valence-electron chi connectivity index (χ1n) is 11.5. The van der Waals surface area contributed by atoms with E-state index in [-0.39, 0.29) is 12.6 Å². The lowest BCUT2D eigenvalue weighted by Gasteiger charge is -2.37. The topological polar surface area (TPSA) is 91.9 Å². The minimum Gasteiger partial charge on any atom is -0.460 e. The molecule has 0 spiro atoms. The molecule has 1 heterocycles. The van der Waals surface area contributed by atoms with Crippen LogP contribution >= 0.6 is 12.2 Å². The van der Waals surface area contributed by atoms with Gasteiger partial charge < -0.3 is 30.3 Å². The van der Waals surface area contributed by atoms with Gasteiger partial charge >= 0.3 is 12.0 Å². The molecular weight excluding hydrogens is 464 g/mol. The van der Waals surface area contributed by atoms with Crippen molar-refractivity contribution < 1.29 is 19.1 Å². The summed E-state index contributed by atoms with van der Waals surface area (Å²) in [5, 5.41) is 9.55. The van der Waals surface area contributed by atoms with Crippen molar-refractivity contribution >= 4 is 40.7 Å². The van der Waals surface area contributed by atoms with Gasteiger partial charge in [-0.05, 0) is 74.8 Å². The highest BCUT2D eigenvalue weighted by atomic mass is 32.1. The normalized spacial score (nSPS) is 15.5. The van der Waals surface area contributed by atoms with E-state index in [1.165, 1.54) is 0 Å². The predicted molar refractivity (Wildman–Crippen MR) is 141 cm³/mol. The minimum absolute atomic E-state index is 0.148. The van der Waals surface area contributed by atoms with E-state index in [0.29, 0.717) is 29.5 Å². The monoisotopic (exact) mass is 496 g/mol. The Morgan fingerprint density at radius 1 is 1.09 bits per heavy atom. The van der Waals surface area contributed by atoms with Gasteiger partial charge in [-0.25, -0.2) is 9.59 Å². The average Bonchev–Trinajstić information content (AvgIpc) is 2.82. The van der Waals surface area contributed by atoms with E-state index < -0.39 is 12.0 Å². The van der Waals surface area contributed by atoms with Crippen LogP contribution in [0.4, 0.5) is 16.2 Å². The first-order valence-corrected chi connectivity index (χ1v) is 11.9. The fourth-order valence-corrected chi connectivity index (χ4v) is 4.32. The summed E-state index contributed by atoms with van der Waals surface area (Å²) in [4.78, 5) is 27.6. The summed E-state index contributed by atoms with van der Waals surface area (Å²) in [7, 11) is 1.55. The lowest BCUT2D eigenvalue weighted by molar-refractivity contribution is -0.140. The fraction of sp³-hybridized carbons (Fsp3) is 0.346. The highest BCUT2D eigenvalue weighted by Gasteiger charge is 2.34. The molecule has 2 aromatic rings. The molecule has 186 valence electrons. The maximum atomic E-state index is 13.0. The summed E-state index contributed by atoms with van der Waals surface area (Å²) in [5.74, 6) is -0.441. The first-order chi connectivity index (χ1) is 16.8. The van der Waals surface area contributed by atoms with Gasteiger partial charge in [0.25, 0.3) is 0 Å². The molecule has 0 fully saturated rings. The van der Waals surface area contributed by atoms with E-state index in [9.17, 15) is 9.59 Å². The maximum Gasteiger partial charge on any atom is 0.338 e. The maximum absolute atomic E-state index is 13.0. The Morgan fingerprint density at radius 3 is 2.54 bits per heavy atom. The van der Waals surface area contributed by atoms with Crippen molar-refractivity contribution in [2.45, 2.75) is 33.7 Å². The summed E-state index contributed by atoms with van der Waals surface area (Å²) in [6, 6.07) is 12.2. The number of urea groups is 1. The van der Waals surface area contributed by atoms with Crippen LogP contribution in [0.1, 0.15) is 36.6 Å². The Morgan fingerprint density at radius 2 is 1.83 bits per heavy atom. The second-order valence-corrected chi connectivity index (χ2v) is 8.59. The Kier molecular flexibility index (Phi) is 8.84. The molecule has 0 saturated carbocycles. The molecule has 2 aromatic carbocycles. The standard InChI is InChI=1S/C26H32N4O4S/c1-6-30-18(4)22(24(31)34-14-13-33-5)23(29-26(30)35)19-10-8-11-20(15-19)27-25(32)28-21-12-7-9-16(2)17(21)3/h7-12,15,23H,6,13-14H2,1-5H3,(H,29,35)(H2,27,28,32)/t23-/m0/s1. The highest BCUT2D eigenvalue weighted by molar-refractivity contribution is 7.80. The summed E-state index contributed by atoms with van der Waals surface area (Å²) < 4.78 is 10.4. The van der Waals surface area contributed by atoms with Crippen LogP contribution in [-0.2, 0) is 14.3 Å². The second kappa shape index (κ2) is 11.8. The second-order valence-electron chi connectivity index (χ2n) is 8.21. The third-order valence-electron chi connectivity index (χ3n) is 5.98. The molecule has 0 aromatic heterocycles. The summed E-state index contributed by atoms with van der Waals surface area (Å²) in [6.07, 6.45) is 0. The predicted octanol–water partition coefficient (Wildman–Crippen LogP) is 4.66. The molecule has 2 amide bonds. The zero-order chi connectivity index (χ0) is 25.5. The van der Waals surface area contributed by atoms with Crippen LogP contribution in [0.15, 0.2) is 53.7 Å². The number of esters is 1. The number of methoxy groups -OCH3 is 1. The lowest BCUT2D eigenvalue weighted by Crippen LogP contribution is -2.47. The number of amides is 2. The van der Waals surface area contributed by atoms with Crippen molar-refractivity contribution in [1.82, 2.24) is 10.2 Å². The number of hydrogen-bond donors (Lipinski definition) is 3. The largest absolute Gasteiger partial charge is 0.460 e. The number of carbonyl (C=O) groups is 2. The smallest absolute Gasteiger partial charge is 0.338 e. The van der Waals surface area contributed by atoms with Gasteiger partial charge in [0.1, 0.15) is 6.61 Å². The van der Waals surface area contributed by atoms with Crippen molar-refractivity contribution in [3.8, 4) is 0 Å². The molecule has 3 rings (SSSR count). The molecule has 9 heteroatoms. The van der Waals surface area contributed by atoms with Crippen LogP contribution in [-0.4, -0.2) is 48.9 Å². The van der Waals surface area contributed by atoms with E-state index >= 15 is 0 Å². The van der Waals surface area contributed by atoms with E-state index in [0.717, 1.165) is 28.1 Å². The molecule has 8 nitrogen and oxygen atoms in total. The summed E-state index contributed by atoms with van der Waals surface area (Å²) in [5.41, 5.74) is 5.40. The number of anilines is 2. The van der Waals surface area contributed by atoms with Gasteiger partial charge in [-0.15, -0.1) is 0 Å². The van der Waals surface area contributed by atoms with Crippen molar-refractivity contribution in [2.24, 2.45) is 0 Å². The van der Waals surface area contributed by atoms with Crippen molar-refractivity contribution in [3.63, 3.8) is 0 Å². The number of ether oxygens (including phenoxy) is 2. The van der Waals surface area contributed by atoms with Crippen LogP contribution in [0.2, 0.25) is 0 Å². The number of benzene rings is 2. The lowest BCUT2D eigenvalue weighted by atomic mass is 9.94. The van der Waals surface area contributed by atoms with Gasteiger partial charge in [-0.2, -0.15) is 0 Å². The van der Waals surface area contributed by atoms with E-state index in [1.807, 2.05) is 69.0 Å². The SMILES string of the molecule is CCN1C(=S)N[C@@H](c2cccc(NC(=O)Nc3cccc(C)c3C)c2)C(C(=O)OCCOC)=C1C. The van der Waals surface area contributed by atoms with Crippen LogP contribution in [0.25, 0.3) is 0 Å². The van der Waals surface area contributed by atoms with E-state index in [1.54, 1.807) is 13.2 Å². The molecule has 0 unspecified atom stereocenters. The molecule has 35 heavy (non-hydrogen) atoms. The third-order valence-corrected chi connectivity index (χ3v) is 6.32. The van der Waals surface area contributed by atoms with E-state index in [4.69, 9.17) is 21.7 Å². The zero-order valence-electron chi connectivity index (χ0n) is 20.7. The molecule has 1 aliphatic rings. The zero-order valence-corrected chi connectivity index (χ0v) is 21.5. The number of aryl methyl sites for hydroxylation is 1. The molecule has 0 saturated heterocycles. The number of nitrogens with one attached hydrogen (secondary N) is 3. The Hall–Kier alpha value is -3.43. The van der Waals surface area contributed by atoms with Crippen LogP contribution in [0.3, 0.4) is 0 Å². The van der Waals surface area contributed by atoms with Crippen molar-refractivity contribution in [2.75, 3.05) is 37.5 Å². The molecule has 0 aliphatic carbocycles. The Labute approximate surface area is 211 Å². The number of hydrogen-bond acceptors (Lipinski definition) is 5. The van der Waals surface area contributed by atoms with Crippen molar-refractivity contribution in [3.05, 3.63) is 70.4 Å². The number of allylic oxidation sites excluding steroid dienone is 1. The number of rotatable bonds is 8. The highest BCUT2D eigenvalue weighted by Crippen LogP contribution is 2.32. The Bertz CT molecular complexity index is 1150. The first kappa shape index (κ1) is 26.2. The summed E-state index contributed by atoms with van der Waals surface area (Å²) in [6.45, 7) is 8.85. The molecule has 0 bridgehead atoms. The van der Waals surface area contributed by atoms with Crippen LogP contribution in [0, 0.1) is 13.8 Å².